The van der Waals surface area contributed by atoms with Crippen molar-refractivity contribution in [2.45, 2.75) is 39.3 Å². The molecule has 0 bridgehead atoms. The molecule has 1 amide bonds. The fourth-order valence-corrected chi connectivity index (χ4v) is 3.46. The molecule has 1 aliphatic heterocycles. The van der Waals surface area contributed by atoms with Crippen molar-refractivity contribution in [2.75, 3.05) is 46.4 Å². The third kappa shape index (κ3) is 9.28. The molecule has 1 atom stereocenters. The Kier molecular flexibility index (Phi) is 10.5. The average Bonchev–Trinajstić information content (AvgIpc) is 2.74. The Morgan fingerprint density at radius 2 is 1.86 bits per heavy atom. The van der Waals surface area contributed by atoms with E-state index in [9.17, 15) is 4.79 Å². The maximum absolute atomic E-state index is 12.1. The van der Waals surface area contributed by atoms with Crippen LogP contribution in [0, 0.1) is 5.92 Å². The van der Waals surface area contributed by atoms with Gasteiger partial charge >= 0.3 is 0 Å². The molecule has 0 saturated carbocycles. The molecule has 7 heteroatoms. The Bertz CT molecular complexity index is 615. The van der Waals surface area contributed by atoms with E-state index in [0.29, 0.717) is 31.5 Å². The van der Waals surface area contributed by atoms with E-state index in [2.05, 4.69) is 39.7 Å². The number of morpholine rings is 1. The molecule has 162 valence electrons. The number of aliphatic imine (C=N–C) groups is 1. The van der Waals surface area contributed by atoms with Gasteiger partial charge in [0.25, 0.3) is 0 Å². The lowest BCUT2D eigenvalue weighted by atomic mass is 10.0. The number of hydrogen-bond acceptors (Lipinski definition) is 4. The summed E-state index contributed by atoms with van der Waals surface area (Å²) >= 11 is 0. The summed E-state index contributed by atoms with van der Waals surface area (Å²) in [4.78, 5) is 18.8. The number of ether oxygens (including phenoxy) is 1. The van der Waals surface area contributed by atoms with Gasteiger partial charge in [0.05, 0.1) is 13.2 Å². The topological polar surface area (TPSA) is 78.0 Å². The number of amides is 1. The summed E-state index contributed by atoms with van der Waals surface area (Å²) in [7, 11) is 1.76. The molecule has 29 heavy (non-hydrogen) atoms. The highest BCUT2D eigenvalue weighted by atomic mass is 16.5. The van der Waals surface area contributed by atoms with Gasteiger partial charge in [0, 0.05) is 52.2 Å². The van der Waals surface area contributed by atoms with Crippen molar-refractivity contribution in [1.82, 2.24) is 20.9 Å². The van der Waals surface area contributed by atoms with Crippen molar-refractivity contribution in [3.05, 3.63) is 35.9 Å². The van der Waals surface area contributed by atoms with Gasteiger partial charge in [0.2, 0.25) is 5.91 Å². The molecule has 1 aliphatic rings. The first-order chi connectivity index (χ1) is 14.1. The van der Waals surface area contributed by atoms with Crippen molar-refractivity contribution in [2.24, 2.45) is 10.9 Å². The monoisotopic (exact) mass is 403 g/mol. The van der Waals surface area contributed by atoms with E-state index in [-0.39, 0.29) is 5.91 Å². The van der Waals surface area contributed by atoms with Crippen LogP contribution in [0.15, 0.2) is 35.3 Å². The minimum Gasteiger partial charge on any atom is -0.379 e. The molecule has 1 heterocycles. The minimum absolute atomic E-state index is 0.0304. The Labute approximate surface area is 175 Å². The zero-order valence-corrected chi connectivity index (χ0v) is 18.1. The summed E-state index contributed by atoms with van der Waals surface area (Å²) in [6, 6.07) is 10.4. The fourth-order valence-electron chi connectivity index (χ4n) is 3.46. The molecule has 2 rings (SSSR count). The van der Waals surface area contributed by atoms with Crippen molar-refractivity contribution in [1.29, 1.82) is 0 Å². The maximum atomic E-state index is 12.1. The predicted octanol–water partition coefficient (Wildman–Crippen LogP) is 1.60. The van der Waals surface area contributed by atoms with E-state index in [1.165, 1.54) is 0 Å². The molecular weight excluding hydrogens is 366 g/mol. The number of carbonyl (C=O) groups is 1. The first kappa shape index (κ1) is 23.2. The van der Waals surface area contributed by atoms with Crippen molar-refractivity contribution in [3.63, 3.8) is 0 Å². The van der Waals surface area contributed by atoms with Gasteiger partial charge in [-0.25, -0.2) is 0 Å². The summed E-state index contributed by atoms with van der Waals surface area (Å²) < 4.78 is 5.49. The van der Waals surface area contributed by atoms with Crippen LogP contribution in [0.5, 0.6) is 0 Å². The summed E-state index contributed by atoms with van der Waals surface area (Å²) in [5, 5.41) is 9.62. The molecule has 1 aromatic rings. The summed E-state index contributed by atoms with van der Waals surface area (Å²) in [6.45, 7) is 10.0. The van der Waals surface area contributed by atoms with Gasteiger partial charge in [-0.15, -0.1) is 0 Å². The second-order valence-corrected chi connectivity index (χ2v) is 7.82. The van der Waals surface area contributed by atoms with E-state index < -0.39 is 0 Å². The Morgan fingerprint density at radius 3 is 2.52 bits per heavy atom. The first-order valence-electron chi connectivity index (χ1n) is 10.7. The largest absolute Gasteiger partial charge is 0.379 e. The number of benzene rings is 1. The second kappa shape index (κ2) is 13.2. The zero-order valence-electron chi connectivity index (χ0n) is 18.1. The van der Waals surface area contributed by atoms with Gasteiger partial charge in [0.1, 0.15) is 0 Å². The first-order valence-corrected chi connectivity index (χ1v) is 10.7. The predicted molar refractivity (Wildman–Crippen MR) is 118 cm³/mol. The molecule has 3 N–H and O–H groups in total. The molecule has 1 fully saturated rings. The Balaban J connectivity index is 1.69. The normalized spacial score (nSPS) is 16.5. The van der Waals surface area contributed by atoms with E-state index in [1.807, 2.05) is 30.3 Å². The third-order valence-corrected chi connectivity index (χ3v) is 5.01. The zero-order chi connectivity index (χ0) is 20.9. The van der Waals surface area contributed by atoms with Crippen LogP contribution in [0.25, 0.3) is 0 Å². The van der Waals surface area contributed by atoms with Crippen LogP contribution in [-0.4, -0.2) is 69.2 Å². The smallest absolute Gasteiger partial charge is 0.222 e. The molecule has 7 nitrogen and oxygen atoms in total. The number of nitrogens with zero attached hydrogens (tertiary/aromatic N) is 2. The van der Waals surface area contributed by atoms with Crippen molar-refractivity contribution in [3.8, 4) is 0 Å². The molecule has 0 radical (unpaired) electrons. The minimum atomic E-state index is 0.0304. The van der Waals surface area contributed by atoms with Crippen LogP contribution in [-0.2, 0) is 16.1 Å². The van der Waals surface area contributed by atoms with E-state index in [1.54, 1.807) is 7.05 Å². The molecule has 0 spiro atoms. The highest BCUT2D eigenvalue weighted by Crippen LogP contribution is 2.13. The van der Waals surface area contributed by atoms with Gasteiger partial charge in [0.15, 0.2) is 5.96 Å². The molecule has 0 aliphatic carbocycles. The lowest BCUT2D eigenvalue weighted by Gasteiger charge is -2.35. The lowest BCUT2D eigenvalue weighted by Crippen LogP contribution is -2.51. The van der Waals surface area contributed by atoms with Crippen LogP contribution < -0.4 is 16.0 Å². The fraction of sp³-hybridized carbons (Fsp3) is 0.636. The molecule has 1 aromatic carbocycles. The van der Waals surface area contributed by atoms with Crippen LogP contribution in [0.3, 0.4) is 0 Å². The SMILES string of the molecule is CN=C(NCCC(=O)NCc1ccccc1)NCC(CC(C)C)N1CCOCC1. The summed E-state index contributed by atoms with van der Waals surface area (Å²) in [6.07, 6.45) is 1.54. The van der Waals surface area contributed by atoms with Crippen LogP contribution >= 0.6 is 0 Å². The highest BCUT2D eigenvalue weighted by molar-refractivity contribution is 5.81. The number of carbonyl (C=O) groups excluding carboxylic acids is 1. The number of rotatable bonds is 10. The lowest BCUT2D eigenvalue weighted by molar-refractivity contribution is -0.121. The van der Waals surface area contributed by atoms with Crippen molar-refractivity contribution < 1.29 is 9.53 Å². The Morgan fingerprint density at radius 1 is 1.14 bits per heavy atom. The molecular formula is C22H37N5O2. The van der Waals surface area contributed by atoms with E-state index in [4.69, 9.17) is 4.74 Å². The van der Waals surface area contributed by atoms with Crippen molar-refractivity contribution >= 4 is 11.9 Å². The average molecular weight is 404 g/mol. The van der Waals surface area contributed by atoms with Gasteiger partial charge < -0.3 is 20.7 Å². The molecule has 1 saturated heterocycles. The summed E-state index contributed by atoms with van der Waals surface area (Å²) in [5.74, 6) is 1.40. The quantitative estimate of drug-likeness (QED) is 0.409. The van der Waals surface area contributed by atoms with Gasteiger partial charge in [-0.2, -0.15) is 0 Å². The van der Waals surface area contributed by atoms with Gasteiger partial charge in [-0.05, 0) is 17.9 Å². The molecule has 1 unspecified atom stereocenters. The van der Waals surface area contributed by atoms with Gasteiger partial charge in [-0.1, -0.05) is 44.2 Å². The van der Waals surface area contributed by atoms with E-state index >= 15 is 0 Å². The van der Waals surface area contributed by atoms with Crippen LogP contribution in [0.2, 0.25) is 0 Å². The highest BCUT2D eigenvalue weighted by Gasteiger charge is 2.22. The standard InChI is InChI=1S/C22H37N5O2/c1-18(2)15-20(27-11-13-29-14-12-27)17-26-22(23-3)24-10-9-21(28)25-16-19-7-5-4-6-8-19/h4-8,18,20H,9-17H2,1-3H3,(H,25,28)(H2,23,24,26). The number of hydrogen-bond donors (Lipinski definition) is 3. The van der Waals surface area contributed by atoms with Crippen LogP contribution in [0.4, 0.5) is 0 Å². The number of nitrogens with one attached hydrogen (secondary N) is 3. The molecule has 0 aromatic heterocycles. The number of guanidine groups is 1. The van der Waals surface area contributed by atoms with Gasteiger partial charge in [-0.3, -0.25) is 14.7 Å². The third-order valence-electron chi connectivity index (χ3n) is 5.01. The second-order valence-electron chi connectivity index (χ2n) is 7.82. The van der Waals surface area contributed by atoms with E-state index in [0.717, 1.165) is 50.8 Å². The Hall–Kier alpha value is -2.12. The maximum Gasteiger partial charge on any atom is 0.222 e. The summed E-state index contributed by atoms with van der Waals surface area (Å²) in [5.41, 5.74) is 1.10. The van der Waals surface area contributed by atoms with Crippen LogP contribution in [0.1, 0.15) is 32.3 Å².